The molecule has 0 bridgehead atoms. The molecule has 3 N–H and O–H groups in total. The van der Waals surface area contributed by atoms with Gasteiger partial charge in [0.1, 0.15) is 5.82 Å². The van der Waals surface area contributed by atoms with Crippen molar-refractivity contribution in [3.63, 3.8) is 0 Å². The van der Waals surface area contributed by atoms with Gasteiger partial charge in [0.15, 0.2) is 0 Å². The lowest BCUT2D eigenvalue weighted by Gasteiger charge is -2.20. The average molecular weight is 302 g/mol. The third-order valence-corrected chi connectivity index (χ3v) is 3.42. The molecule has 0 saturated heterocycles. The fraction of sp³-hybridized carbons (Fsp3) is 0.250. The third-order valence-electron chi connectivity index (χ3n) is 2.51. The van der Waals surface area contributed by atoms with Crippen LogP contribution in [0.3, 0.4) is 0 Å². The summed E-state index contributed by atoms with van der Waals surface area (Å²) in [4.78, 5) is 12.8. The van der Waals surface area contributed by atoms with E-state index in [0.29, 0.717) is 6.07 Å². The fourth-order valence-corrected chi connectivity index (χ4v) is 2.09. The molecular weight excluding hydrogens is 287 g/mol. The van der Waals surface area contributed by atoms with Crippen molar-refractivity contribution >= 4 is 15.9 Å². The molecule has 0 fully saturated rings. The molecule has 6 nitrogen and oxygen atoms in total. The third kappa shape index (κ3) is 3.86. The van der Waals surface area contributed by atoms with E-state index in [-0.39, 0.29) is 25.3 Å². The normalized spacial score (nSPS) is 11.2. The van der Waals surface area contributed by atoms with Gasteiger partial charge < -0.3 is 10.0 Å². The highest BCUT2D eigenvalue weighted by molar-refractivity contribution is 7.89. The van der Waals surface area contributed by atoms with Gasteiger partial charge in [0.05, 0.1) is 17.1 Å². The maximum Gasteiger partial charge on any atom is 0.257 e. The Morgan fingerprint density at radius 1 is 1.50 bits per heavy atom. The number of aliphatic hydroxyl groups excluding tert-OH is 1. The first-order valence-electron chi connectivity index (χ1n) is 5.64. The van der Waals surface area contributed by atoms with Crippen LogP contribution in [0.5, 0.6) is 0 Å². The highest BCUT2D eigenvalue weighted by atomic mass is 32.2. The number of halogens is 1. The predicted octanol–water partition coefficient (Wildman–Crippen LogP) is 0.0936. The van der Waals surface area contributed by atoms with E-state index in [1.54, 1.807) is 0 Å². The SMILES string of the molecule is C=CCN(CCO)C(=O)c1ccc(S(N)(=O)=O)cc1F. The number of rotatable bonds is 6. The minimum atomic E-state index is -4.03. The molecule has 110 valence electrons. The number of carbonyl (C=O) groups excluding carboxylic acids is 1. The Balaban J connectivity index is 3.13. The first-order valence-corrected chi connectivity index (χ1v) is 7.19. The molecule has 0 aromatic heterocycles. The van der Waals surface area contributed by atoms with Crippen LogP contribution in [0.1, 0.15) is 10.4 Å². The van der Waals surface area contributed by atoms with Gasteiger partial charge in [0, 0.05) is 13.1 Å². The number of amides is 1. The second kappa shape index (κ2) is 6.60. The molecule has 20 heavy (non-hydrogen) atoms. The molecule has 0 spiro atoms. The van der Waals surface area contributed by atoms with E-state index >= 15 is 0 Å². The maximum absolute atomic E-state index is 13.8. The molecule has 0 aliphatic carbocycles. The van der Waals surface area contributed by atoms with Crippen LogP contribution in [0.15, 0.2) is 35.7 Å². The van der Waals surface area contributed by atoms with Gasteiger partial charge in [-0.25, -0.2) is 17.9 Å². The van der Waals surface area contributed by atoms with Crippen molar-refractivity contribution in [3.8, 4) is 0 Å². The summed E-state index contributed by atoms with van der Waals surface area (Å²) >= 11 is 0. The van der Waals surface area contributed by atoms with Crippen molar-refractivity contribution in [2.24, 2.45) is 5.14 Å². The van der Waals surface area contributed by atoms with Gasteiger partial charge in [-0.15, -0.1) is 6.58 Å². The molecule has 0 unspecified atom stereocenters. The second-order valence-electron chi connectivity index (χ2n) is 3.95. The van der Waals surface area contributed by atoms with Crippen molar-refractivity contribution in [1.82, 2.24) is 4.90 Å². The molecule has 1 aromatic carbocycles. The Labute approximate surface area is 116 Å². The van der Waals surface area contributed by atoms with Crippen LogP contribution in [0, 0.1) is 5.82 Å². The monoisotopic (exact) mass is 302 g/mol. The minimum Gasteiger partial charge on any atom is -0.395 e. The Morgan fingerprint density at radius 2 is 2.15 bits per heavy atom. The minimum absolute atomic E-state index is 0.0151. The van der Waals surface area contributed by atoms with Gasteiger partial charge in [0.25, 0.3) is 5.91 Å². The predicted molar refractivity (Wildman–Crippen MR) is 71.0 cm³/mol. The summed E-state index contributed by atoms with van der Waals surface area (Å²) in [6.45, 7) is 3.33. The number of aliphatic hydroxyl groups is 1. The Bertz CT molecular complexity index is 616. The standard InChI is InChI=1S/C12H15FN2O4S/c1-2-5-15(6-7-16)12(17)10-4-3-9(8-11(10)13)20(14,18)19/h2-4,8,16H,1,5-7H2,(H2,14,18,19). The molecule has 0 aliphatic heterocycles. The summed E-state index contributed by atoms with van der Waals surface area (Å²) < 4.78 is 36.0. The van der Waals surface area contributed by atoms with E-state index in [1.165, 1.54) is 11.0 Å². The zero-order chi connectivity index (χ0) is 15.3. The lowest BCUT2D eigenvalue weighted by Crippen LogP contribution is -2.34. The Morgan fingerprint density at radius 3 is 2.60 bits per heavy atom. The first kappa shape index (κ1) is 16.3. The van der Waals surface area contributed by atoms with Gasteiger partial charge in [0.2, 0.25) is 10.0 Å². The maximum atomic E-state index is 13.8. The highest BCUT2D eigenvalue weighted by Crippen LogP contribution is 2.15. The van der Waals surface area contributed by atoms with E-state index in [4.69, 9.17) is 10.2 Å². The van der Waals surface area contributed by atoms with Crippen LogP contribution in [0.2, 0.25) is 0 Å². The number of sulfonamides is 1. The number of hydrogen-bond donors (Lipinski definition) is 2. The number of carbonyl (C=O) groups is 1. The van der Waals surface area contributed by atoms with Crippen LogP contribution in [0.4, 0.5) is 4.39 Å². The quantitative estimate of drug-likeness (QED) is 0.727. The topological polar surface area (TPSA) is 101 Å². The largest absolute Gasteiger partial charge is 0.395 e. The van der Waals surface area contributed by atoms with Crippen molar-refractivity contribution < 1.29 is 22.7 Å². The number of hydrogen-bond acceptors (Lipinski definition) is 4. The molecule has 0 aliphatic rings. The summed E-state index contributed by atoms with van der Waals surface area (Å²) in [5.74, 6) is -1.66. The van der Waals surface area contributed by atoms with Crippen molar-refractivity contribution in [2.45, 2.75) is 4.90 Å². The summed E-state index contributed by atoms with van der Waals surface area (Å²) in [5.41, 5.74) is -0.298. The van der Waals surface area contributed by atoms with Gasteiger partial charge in [-0.2, -0.15) is 0 Å². The van der Waals surface area contributed by atoms with Crippen LogP contribution < -0.4 is 5.14 Å². The molecular formula is C12H15FN2O4S. The van der Waals surface area contributed by atoms with Crippen LogP contribution >= 0.6 is 0 Å². The second-order valence-corrected chi connectivity index (χ2v) is 5.51. The summed E-state index contributed by atoms with van der Waals surface area (Å²) in [6, 6.07) is 2.79. The van der Waals surface area contributed by atoms with Crippen LogP contribution in [0.25, 0.3) is 0 Å². The molecule has 8 heteroatoms. The number of benzene rings is 1. The van der Waals surface area contributed by atoms with Gasteiger partial charge in [-0.3, -0.25) is 4.79 Å². The molecule has 1 amide bonds. The first-order chi connectivity index (χ1) is 9.31. The molecule has 0 saturated carbocycles. The average Bonchev–Trinajstić information content (AvgIpc) is 2.36. The van der Waals surface area contributed by atoms with Gasteiger partial charge in [-0.05, 0) is 18.2 Å². The zero-order valence-corrected chi connectivity index (χ0v) is 11.4. The summed E-state index contributed by atoms with van der Waals surface area (Å²) in [5, 5.41) is 13.7. The highest BCUT2D eigenvalue weighted by Gasteiger charge is 2.20. The number of nitrogens with zero attached hydrogens (tertiary/aromatic N) is 1. The molecule has 1 rings (SSSR count). The summed E-state index contributed by atoms with van der Waals surface area (Å²) in [6.07, 6.45) is 1.43. The molecule has 0 heterocycles. The lowest BCUT2D eigenvalue weighted by molar-refractivity contribution is 0.0738. The van der Waals surface area contributed by atoms with Crippen LogP contribution in [-0.4, -0.2) is 44.0 Å². The summed E-state index contributed by atoms with van der Waals surface area (Å²) in [7, 11) is -4.03. The van der Waals surface area contributed by atoms with Crippen molar-refractivity contribution in [2.75, 3.05) is 19.7 Å². The van der Waals surface area contributed by atoms with E-state index in [0.717, 1.165) is 12.1 Å². The molecule has 0 radical (unpaired) electrons. The molecule has 0 atom stereocenters. The van der Waals surface area contributed by atoms with E-state index in [9.17, 15) is 17.6 Å². The van der Waals surface area contributed by atoms with Crippen molar-refractivity contribution in [3.05, 3.63) is 42.2 Å². The van der Waals surface area contributed by atoms with Gasteiger partial charge in [-0.1, -0.05) is 6.08 Å². The fourth-order valence-electron chi connectivity index (χ4n) is 1.57. The van der Waals surface area contributed by atoms with E-state index in [1.807, 2.05) is 0 Å². The van der Waals surface area contributed by atoms with Crippen LogP contribution in [-0.2, 0) is 10.0 Å². The zero-order valence-electron chi connectivity index (χ0n) is 10.6. The van der Waals surface area contributed by atoms with E-state index in [2.05, 4.69) is 6.58 Å². The lowest BCUT2D eigenvalue weighted by atomic mass is 10.2. The smallest absolute Gasteiger partial charge is 0.257 e. The number of primary sulfonamides is 1. The Hall–Kier alpha value is -1.77. The molecule has 1 aromatic rings. The van der Waals surface area contributed by atoms with Crippen molar-refractivity contribution in [1.29, 1.82) is 0 Å². The number of nitrogens with two attached hydrogens (primary N) is 1. The Kier molecular flexibility index (Phi) is 5.37. The van der Waals surface area contributed by atoms with E-state index < -0.39 is 26.6 Å². The van der Waals surface area contributed by atoms with Gasteiger partial charge >= 0.3 is 0 Å².